The second-order valence-corrected chi connectivity index (χ2v) is 7.34. The molecule has 0 aromatic rings. The number of carbonyl (C=O) groups excluding carboxylic acids is 1. The summed E-state index contributed by atoms with van der Waals surface area (Å²) in [6.07, 6.45) is 2.96. The number of piperazine rings is 1. The van der Waals surface area contributed by atoms with Crippen LogP contribution in [0.3, 0.4) is 0 Å². The number of hydrogen-bond acceptors (Lipinski definition) is 4. The summed E-state index contributed by atoms with van der Waals surface area (Å²) < 4.78 is 25.3. The maximum absolute atomic E-state index is 11.9. The number of carbonyl (C=O) groups is 1. The van der Waals surface area contributed by atoms with E-state index in [1.165, 1.54) is 4.31 Å². The van der Waals surface area contributed by atoms with E-state index in [0.29, 0.717) is 45.2 Å². The maximum Gasteiger partial charge on any atom is 0.236 e. The SMILES string of the molecule is CCCS(=O)(=O)N1CCN(C(=O)CNC2CC2)CC1. The summed E-state index contributed by atoms with van der Waals surface area (Å²) >= 11 is 0. The molecule has 6 nitrogen and oxygen atoms in total. The zero-order valence-corrected chi connectivity index (χ0v) is 12.3. The number of amides is 1. The number of nitrogens with one attached hydrogen (secondary N) is 1. The lowest BCUT2D eigenvalue weighted by molar-refractivity contribution is -0.131. The number of sulfonamides is 1. The van der Waals surface area contributed by atoms with Gasteiger partial charge in [-0.05, 0) is 19.3 Å². The molecule has 1 saturated heterocycles. The van der Waals surface area contributed by atoms with E-state index in [1.54, 1.807) is 4.90 Å². The van der Waals surface area contributed by atoms with Crippen LogP contribution in [0.1, 0.15) is 26.2 Å². The third-order valence-electron chi connectivity index (χ3n) is 3.57. The normalized spacial score (nSPS) is 21.6. The molecule has 2 aliphatic rings. The summed E-state index contributed by atoms with van der Waals surface area (Å²) in [5.74, 6) is 0.281. The van der Waals surface area contributed by atoms with Gasteiger partial charge in [0.15, 0.2) is 0 Å². The number of nitrogens with zero attached hydrogens (tertiary/aromatic N) is 2. The van der Waals surface area contributed by atoms with Gasteiger partial charge in [-0.2, -0.15) is 4.31 Å². The zero-order chi connectivity index (χ0) is 13.9. The number of rotatable bonds is 6. The molecule has 1 heterocycles. The van der Waals surface area contributed by atoms with E-state index in [9.17, 15) is 13.2 Å². The molecule has 1 saturated carbocycles. The largest absolute Gasteiger partial charge is 0.339 e. The van der Waals surface area contributed by atoms with Crippen molar-refractivity contribution >= 4 is 15.9 Å². The fraction of sp³-hybridized carbons (Fsp3) is 0.917. The Balaban J connectivity index is 1.76. The van der Waals surface area contributed by atoms with Crippen molar-refractivity contribution < 1.29 is 13.2 Å². The topological polar surface area (TPSA) is 69.7 Å². The molecule has 1 aliphatic carbocycles. The number of hydrogen-bond donors (Lipinski definition) is 1. The van der Waals surface area contributed by atoms with Crippen LogP contribution < -0.4 is 5.32 Å². The smallest absolute Gasteiger partial charge is 0.236 e. The van der Waals surface area contributed by atoms with Crippen molar-refractivity contribution in [1.82, 2.24) is 14.5 Å². The van der Waals surface area contributed by atoms with Crippen molar-refractivity contribution in [3.8, 4) is 0 Å². The summed E-state index contributed by atoms with van der Waals surface area (Å²) in [7, 11) is -3.12. The second kappa shape index (κ2) is 6.19. The molecule has 2 fully saturated rings. The van der Waals surface area contributed by atoms with Gasteiger partial charge in [0.2, 0.25) is 15.9 Å². The van der Waals surface area contributed by atoms with Gasteiger partial charge in [0.1, 0.15) is 0 Å². The van der Waals surface area contributed by atoms with Crippen molar-refractivity contribution in [3.05, 3.63) is 0 Å². The van der Waals surface area contributed by atoms with E-state index in [1.807, 2.05) is 6.92 Å². The van der Waals surface area contributed by atoms with Gasteiger partial charge < -0.3 is 10.2 Å². The van der Waals surface area contributed by atoms with Gasteiger partial charge in [0, 0.05) is 32.2 Å². The third kappa shape index (κ3) is 4.15. The minimum absolute atomic E-state index is 0.0828. The molecule has 19 heavy (non-hydrogen) atoms. The van der Waals surface area contributed by atoms with E-state index < -0.39 is 10.0 Å². The van der Waals surface area contributed by atoms with Gasteiger partial charge in [-0.3, -0.25) is 4.79 Å². The standard InChI is InChI=1S/C12H23N3O3S/c1-2-9-19(17,18)15-7-5-14(6-8-15)12(16)10-13-11-3-4-11/h11,13H,2-10H2,1H3. The molecule has 1 aliphatic heterocycles. The predicted molar refractivity (Wildman–Crippen MR) is 73.3 cm³/mol. The Morgan fingerprint density at radius 2 is 1.84 bits per heavy atom. The van der Waals surface area contributed by atoms with E-state index in [-0.39, 0.29) is 11.7 Å². The highest BCUT2D eigenvalue weighted by Gasteiger charge is 2.29. The van der Waals surface area contributed by atoms with E-state index >= 15 is 0 Å². The first-order valence-corrected chi connectivity index (χ1v) is 8.63. The molecule has 7 heteroatoms. The molecule has 0 radical (unpaired) electrons. The highest BCUT2D eigenvalue weighted by molar-refractivity contribution is 7.89. The average Bonchev–Trinajstić information content (AvgIpc) is 3.20. The van der Waals surface area contributed by atoms with Crippen molar-refractivity contribution in [2.45, 2.75) is 32.2 Å². The molecule has 1 amide bonds. The molecule has 1 N–H and O–H groups in total. The van der Waals surface area contributed by atoms with E-state index in [0.717, 1.165) is 12.8 Å². The lowest BCUT2D eigenvalue weighted by Crippen LogP contribution is -2.52. The van der Waals surface area contributed by atoms with Crippen LogP contribution in [0.15, 0.2) is 0 Å². The Morgan fingerprint density at radius 1 is 1.21 bits per heavy atom. The first kappa shape index (κ1) is 14.7. The second-order valence-electron chi connectivity index (χ2n) is 5.25. The van der Waals surface area contributed by atoms with Crippen LogP contribution in [0.25, 0.3) is 0 Å². The monoisotopic (exact) mass is 289 g/mol. The quantitative estimate of drug-likeness (QED) is 0.724. The molecule has 0 unspecified atom stereocenters. The van der Waals surface area contributed by atoms with Crippen molar-refractivity contribution in [1.29, 1.82) is 0 Å². The van der Waals surface area contributed by atoms with Crippen LogP contribution in [0.5, 0.6) is 0 Å². The Morgan fingerprint density at radius 3 is 2.37 bits per heavy atom. The van der Waals surface area contributed by atoms with Crippen LogP contribution >= 0.6 is 0 Å². The van der Waals surface area contributed by atoms with Gasteiger partial charge in [0.25, 0.3) is 0 Å². The van der Waals surface area contributed by atoms with Gasteiger partial charge in [-0.1, -0.05) is 6.92 Å². The van der Waals surface area contributed by atoms with E-state index in [4.69, 9.17) is 0 Å². The summed E-state index contributed by atoms with van der Waals surface area (Å²) in [6, 6.07) is 0.523. The fourth-order valence-corrected chi connectivity index (χ4v) is 3.73. The minimum atomic E-state index is -3.12. The molecule has 2 rings (SSSR count). The van der Waals surface area contributed by atoms with Gasteiger partial charge in [-0.25, -0.2) is 8.42 Å². The molecular formula is C12H23N3O3S. The maximum atomic E-state index is 11.9. The molecule has 0 spiro atoms. The van der Waals surface area contributed by atoms with Crippen molar-refractivity contribution in [3.63, 3.8) is 0 Å². The Bertz CT molecular complexity index is 412. The van der Waals surface area contributed by atoms with Crippen LogP contribution in [-0.2, 0) is 14.8 Å². The van der Waals surface area contributed by atoms with E-state index in [2.05, 4.69) is 5.32 Å². The summed E-state index contributed by atoms with van der Waals surface area (Å²) in [4.78, 5) is 13.7. The van der Waals surface area contributed by atoms with Crippen LogP contribution in [0.4, 0.5) is 0 Å². The Hall–Kier alpha value is -0.660. The Kier molecular flexibility index (Phi) is 4.81. The lowest BCUT2D eigenvalue weighted by Gasteiger charge is -2.34. The molecule has 0 atom stereocenters. The molecule has 0 aromatic carbocycles. The first-order valence-electron chi connectivity index (χ1n) is 7.02. The van der Waals surface area contributed by atoms with Gasteiger partial charge in [-0.15, -0.1) is 0 Å². The molecule has 0 aromatic heterocycles. The van der Waals surface area contributed by atoms with Crippen molar-refractivity contribution in [2.75, 3.05) is 38.5 Å². The van der Waals surface area contributed by atoms with Crippen molar-refractivity contribution in [2.24, 2.45) is 0 Å². The highest BCUT2D eigenvalue weighted by Crippen LogP contribution is 2.18. The van der Waals surface area contributed by atoms with Gasteiger partial charge in [0.05, 0.1) is 12.3 Å². The summed E-state index contributed by atoms with van der Waals surface area (Å²) in [6.45, 7) is 4.12. The lowest BCUT2D eigenvalue weighted by atomic mass is 10.3. The van der Waals surface area contributed by atoms with Crippen LogP contribution in [-0.4, -0.2) is 68.0 Å². The zero-order valence-electron chi connectivity index (χ0n) is 11.5. The van der Waals surface area contributed by atoms with Crippen LogP contribution in [0.2, 0.25) is 0 Å². The van der Waals surface area contributed by atoms with Crippen LogP contribution in [0, 0.1) is 0 Å². The first-order chi connectivity index (χ1) is 9.03. The predicted octanol–water partition coefficient (Wildman–Crippen LogP) is -0.378. The molecule has 110 valence electrons. The average molecular weight is 289 g/mol. The summed E-state index contributed by atoms with van der Waals surface area (Å²) in [5.41, 5.74) is 0. The minimum Gasteiger partial charge on any atom is -0.339 e. The fourth-order valence-electron chi connectivity index (χ4n) is 2.23. The highest BCUT2D eigenvalue weighted by atomic mass is 32.2. The third-order valence-corrected chi connectivity index (χ3v) is 5.64. The molecular weight excluding hydrogens is 266 g/mol. The van der Waals surface area contributed by atoms with Gasteiger partial charge >= 0.3 is 0 Å². The summed E-state index contributed by atoms with van der Waals surface area (Å²) in [5, 5.41) is 3.19. The Labute approximate surface area is 115 Å². The molecule has 0 bridgehead atoms.